The molecule has 16 heteroatoms. The van der Waals surface area contributed by atoms with Gasteiger partial charge in [0.15, 0.2) is 0 Å². The molecule has 0 saturated heterocycles. The summed E-state index contributed by atoms with van der Waals surface area (Å²) >= 11 is 0. The standard InChI is InChI=1S/C34H41N7O5.C6H6O3S/c1-4-6-7-10-21-46-34(44)39-37-23-25-12-15-27(16-13-25)36-24-31-38-28-22-26(14-17-29(28)40(31)3)33(43)41(20-18-32(42)45-5-2)30-11-8-9-19-35-30;7-10(8,9)6-4-2-1-3-5-6/h8-9,11-17,19,22-23,36H,4-7,10,18,20-21,24H2,1-3H3,(H,39,44);1-5H,(H,7,8,9)/b37-23+;. The lowest BCUT2D eigenvalue weighted by Crippen LogP contribution is -2.34. The van der Waals surface area contributed by atoms with Gasteiger partial charge in [-0.2, -0.15) is 13.5 Å². The number of imidazole rings is 1. The van der Waals surface area contributed by atoms with Gasteiger partial charge in [-0.1, -0.05) is 62.6 Å². The summed E-state index contributed by atoms with van der Waals surface area (Å²) in [6.45, 7) is 5.13. The van der Waals surface area contributed by atoms with E-state index in [2.05, 4.69) is 27.8 Å². The maximum Gasteiger partial charge on any atom is 0.427 e. The molecule has 296 valence electrons. The summed E-state index contributed by atoms with van der Waals surface area (Å²) in [5.74, 6) is 0.575. The average molecular weight is 786 g/mol. The van der Waals surface area contributed by atoms with Crippen LogP contribution < -0.4 is 15.6 Å². The number of carbonyl (C=O) groups excluding carboxylic acids is 3. The zero-order valence-corrected chi connectivity index (χ0v) is 32.4. The van der Waals surface area contributed by atoms with Crippen molar-refractivity contribution in [3.63, 3.8) is 0 Å². The Balaban J connectivity index is 0.000000604. The van der Waals surface area contributed by atoms with Crippen LogP contribution in [0.5, 0.6) is 0 Å². The number of anilines is 2. The minimum absolute atomic E-state index is 0.0519. The Hall–Kier alpha value is -6.13. The van der Waals surface area contributed by atoms with Crippen molar-refractivity contribution in [2.24, 2.45) is 12.1 Å². The van der Waals surface area contributed by atoms with E-state index in [0.717, 1.165) is 48.3 Å². The lowest BCUT2D eigenvalue weighted by Gasteiger charge is -2.21. The summed E-state index contributed by atoms with van der Waals surface area (Å²) in [6, 6.07) is 25.7. The number of esters is 1. The van der Waals surface area contributed by atoms with E-state index in [-0.39, 0.29) is 36.3 Å². The van der Waals surface area contributed by atoms with E-state index < -0.39 is 16.2 Å². The number of ether oxygens (including phenoxy) is 2. The van der Waals surface area contributed by atoms with Crippen molar-refractivity contribution in [3.05, 3.63) is 114 Å². The van der Waals surface area contributed by atoms with Gasteiger partial charge in [-0.15, -0.1) is 0 Å². The molecule has 2 amide bonds. The molecule has 15 nitrogen and oxygen atoms in total. The van der Waals surface area contributed by atoms with Gasteiger partial charge in [0.2, 0.25) is 0 Å². The molecule has 0 fully saturated rings. The fraction of sp³-hybridized carbons (Fsp3) is 0.300. The molecule has 5 aromatic rings. The number of nitrogens with one attached hydrogen (secondary N) is 2. The van der Waals surface area contributed by atoms with Gasteiger partial charge >= 0.3 is 12.1 Å². The predicted octanol–water partition coefficient (Wildman–Crippen LogP) is 6.75. The van der Waals surface area contributed by atoms with Crippen LogP contribution in [0, 0.1) is 0 Å². The maximum absolute atomic E-state index is 13.6. The summed E-state index contributed by atoms with van der Waals surface area (Å²) in [7, 11) is -2.08. The highest BCUT2D eigenvalue weighted by Gasteiger charge is 2.21. The third kappa shape index (κ3) is 13.3. The van der Waals surface area contributed by atoms with Gasteiger partial charge in [0.25, 0.3) is 16.0 Å². The van der Waals surface area contributed by atoms with Crippen molar-refractivity contribution in [2.75, 3.05) is 30.0 Å². The third-order valence-corrected chi connectivity index (χ3v) is 9.11. The highest BCUT2D eigenvalue weighted by atomic mass is 32.2. The molecule has 0 saturated carbocycles. The second kappa shape index (κ2) is 21.7. The molecular formula is C40H47N7O8S. The molecule has 2 heterocycles. The van der Waals surface area contributed by atoms with Crippen LogP contribution in [0.2, 0.25) is 0 Å². The summed E-state index contributed by atoms with van der Waals surface area (Å²) in [4.78, 5) is 47.9. The molecule has 0 atom stereocenters. The van der Waals surface area contributed by atoms with Gasteiger partial charge in [-0.3, -0.25) is 19.0 Å². The lowest BCUT2D eigenvalue weighted by atomic mass is 10.1. The van der Waals surface area contributed by atoms with E-state index >= 15 is 0 Å². The second-order valence-corrected chi connectivity index (χ2v) is 13.7. The number of nitrogens with zero attached hydrogens (tertiary/aromatic N) is 5. The van der Waals surface area contributed by atoms with Crippen LogP contribution in [0.3, 0.4) is 0 Å². The van der Waals surface area contributed by atoms with Crippen LogP contribution in [0.4, 0.5) is 16.3 Å². The molecular weight excluding hydrogens is 739 g/mol. The Morgan fingerprint density at radius 3 is 2.34 bits per heavy atom. The molecule has 0 aliphatic rings. The highest BCUT2D eigenvalue weighted by Crippen LogP contribution is 2.21. The van der Waals surface area contributed by atoms with Crippen LogP contribution in [0.15, 0.2) is 107 Å². The summed E-state index contributed by atoms with van der Waals surface area (Å²) in [6.07, 6.45) is 6.79. The normalized spacial score (nSPS) is 11.1. The number of aryl methyl sites for hydroxylation is 1. The third-order valence-electron chi connectivity index (χ3n) is 8.24. The first-order chi connectivity index (χ1) is 27.0. The number of pyridine rings is 1. The number of hydrogen-bond acceptors (Lipinski definition) is 11. The number of fused-ring (bicyclic) bond motifs is 1. The second-order valence-electron chi connectivity index (χ2n) is 12.3. The smallest absolute Gasteiger partial charge is 0.427 e. The number of unbranched alkanes of at least 4 members (excludes halogenated alkanes) is 3. The summed E-state index contributed by atoms with van der Waals surface area (Å²) < 4.78 is 41.4. The van der Waals surface area contributed by atoms with Crippen molar-refractivity contribution >= 4 is 56.8 Å². The fourth-order valence-corrected chi connectivity index (χ4v) is 5.81. The van der Waals surface area contributed by atoms with Crippen molar-refractivity contribution in [1.29, 1.82) is 0 Å². The first-order valence-electron chi connectivity index (χ1n) is 18.2. The van der Waals surface area contributed by atoms with Gasteiger partial charge in [0.05, 0.1) is 48.3 Å². The quantitative estimate of drug-likeness (QED) is 0.0297. The Morgan fingerprint density at radius 1 is 0.929 bits per heavy atom. The number of benzene rings is 3. The molecule has 0 aliphatic heterocycles. The Bertz CT molecular complexity index is 2160. The van der Waals surface area contributed by atoms with E-state index in [4.69, 9.17) is 19.0 Å². The van der Waals surface area contributed by atoms with E-state index in [9.17, 15) is 22.8 Å². The fourth-order valence-electron chi connectivity index (χ4n) is 5.31. The molecule has 3 N–H and O–H groups in total. The van der Waals surface area contributed by atoms with Gasteiger partial charge < -0.3 is 19.4 Å². The molecule has 0 spiro atoms. The number of hydrazone groups is 1. The van der Waals surface area contributed by atoms with Gasteiger partial charge in [0, 0.05) is 31.0 Å². The molecule has 0 aliphatic carbocycles. The Kier molecular flexibility index (Phi) is 16.5. The Labute approximate surface area is 326 Å². The largest absolute Gasteiger partial charge is 0.466 e. The maximum atomic E-state index is 13.6. The van der Waals surface area contributed by atoms with Crippen molar-refractivity contribution in [1.82, 2.24) is 20.0 Å². The van der Waals surface area contributed by atoms with Gasteiger partial charge in [-0.05, 0) is 73.5 Å². The number of aromatic nitrogens is 3. The van der Waals surface area contributed by atoms with Gasteiger partial charge in [0.1, 0.15) is 11.6 Å². The first kappa shape index (κ1) is 42.6. The monoisotopic (exact) mass is 785 g/mol. The van der Waals surface area contributed by atoms with Gasteiger partial charge in [-0.25, -0.2) is 20.2 Å². The average Bonchev–Trinajstić information content (AvgIpc) is 3.52. The van der Waals surface area contributed by atoms with Crippen LogP contribution in [-0.2, 0) is 38.0 Å². The van der Waals surface area contributed by atoms with Crippen molar-refractivity contribution < 1.29 is 36.8 Å². The minimum Gasteiger partial charge on any atom is -0.466 e. The number of amides is 2. The zero-order chi connectivity index (χ0) is 40.3. The molecule has 2 aromatic heterocycles. The molecule has 3 aromatic carbocycles. The van der Waals surface area contributed by atoms with E-state index in [1.165, 1.54) is 17.0 Å². The van der Waals surface area contributed by atoms with Crippen molar-refractivity contribution in [3.8, 4) is 0 Å². The lowest BCUT2D eigenvalue weighted by molar-refractivity contribution is -0.142. The van der Waals surface area contributed by atoms with E-state index in [1.54, 1.807) is 67.9 Å². The molecule has 0 unspecified atom stereocenters. The SMILES string of the molecule is CCCCCCOC(=O)N/N=C/c1ccc(NCc2nc3cc(C(=O)N(CCC(=O)OCC)c4ccccn4)ccc3n2C)cc1.O=S(=O)(O)c1ccccc1. The van der Waals surface area contributed by atoms with Crippen molar-refractivity contribution in [2.45, 2.75) is 57.4 Å². The Morgan fingerprint density at radius 2 is 1.68 bits per heavy atom. The van der Waals surface area contributed by atoms with Crippen LogP contribution >= 0.6 is 0 Å². The summed E-state index contributed by atoms with van der Waals surface area (Å²) in [5, 5.41) is 7.33. The van der Waals surface area contributed by atoms with Crippen LogP contribution in [0.1, 0.15) is 67.7 Å². The minimum atomic E-state index is -4.00. The predicted molar refractivity (Wildman–Crippen MR) is 214 cm³/mol. The number of rotatable bonds is 17. The topological polar surface area (TPSA) is 194 Å². The number of carbonyl (C=O) groups is 3. The highest BCUT2D eigenvalue weighted by molar-refractivity contribution is 7.85. The van der Waals surface area contributed by atoms with Crippen LogP contribution in [0.25, 0.3) is 11.0 Å². The summed E-state index contributed by atoms with van der Waals surface area (Å²) in [5.41, 5.74) is 6.07. The molecule has 0 radical (unpaired) electrons. The van der Waals surface area contributed by atoms with Crippen LogP contribution in [-0.4, -0.2) is 71.4 Å². The molecule has 5 rings (SSSR count). The molecule has 56 heavy (non-hydrogen) atoms. The number of hydrogen-bond donors (Lipinski definition) is 3. The van der Waals surface area contributed by atoms with E-state index in [1.807, 2.05) is 41.9 Å². The molecule has 0 bridgehead atoms. The zero-order valence-electron chi connectivity index (χ0n) is 31.6. The van der Waals surface area contributed by atoms with E-state index in [0.29, 0.717) is 30.0 Å². The first-order valence-corrected chi connectivity index (χ1v) is 19.6.